The van der Waals surface area contributed by atoms with Gasteiger partial charge in [-0.05, 0) is 76.0 Å². The molecule has 4 fully saturated rings. The van der Waals surface area contributed by atoms with Crippen molar-refractivity contribution in [2.24, 2.45) is 16.7 Å². The topological polar surface area (TPSA) is 105 Å². The summed E-state index contributed by atoms with van der Waals surface area (Å²) in [5, 5.41) is 12.5. The number of fused-ring (bicyclic) bond motifs is 2. The van der Waals surface area contributed by atoms with Crippen molar-refractivity contribution < 1.29 is 43.1 Å². The van der Waals surface area contributed by atoms with Crippen LogP contribution in [0.5, 0.6) is 11.5 Å². The van der Waals surface area contributed by atoms with Crippen molar-refractivity contribution in [2.75, 3.05) is 67.0 Å². The van der Waals surface area contributed by atoms with Gasteiger partial charge in [-0.15, -0.1) is 0 Å². The molecule has 1 aromatic rings. The molecule has 10 nitrogen and oxygen atoms in total. The Balaban J connectivity index is 1.21. The number of ether oxygens (including phenoxy) is 7. The van der Waals surface area contributed by atoms with Crippen LogP contribution in [0.3, 0.4) is 0 Å². The maximum atomic E-state index is 13.0. The fourth-order valence-electron chi connectivity index (χ4n) is 10.9. The van der Waals surface area contributed by atoms with Crippen LogP contribution in [0.4, 0.5) is 4.79 Å². The first-order valence-electron chi connectivity index (χ1n) is 17.9. The number of methoxy groups -OCH3 is 2. The Kier molecular flexibility index (Phi) is 8.52. The molecule has 1 saturated heterocycles. The minimum atomic E-state index is -1.03. The largest absolute Gasteiger partial charge is 0.514 e. The molecule has 1 N–H and O–H groups in total. The summed E-state index contributed by atoms with van der Waals surface area (Å²) in [5.41, 5.74) is 0.500. The summed E-state index contributed by atoms with van der Waals surface area (Å²) in [4.78, 5) is 15.8. The molecule has 3 saturated carbocycles. The van der Waals surface area contributed by atoms with E-state index < -0.39 is 28.4 Å². The van der Waals surface area contributed by atoms with Gasteiger partial charge in [-0.25, -0.2) is 4.79 Å². The first-order valence-corrected chi connectivity index (χ1v) is 17.9. The van der Waals surface area contributed by atoms with Gasteiger partial charge in [0.2, 0.25) is 0 Å². The second-order valence-electron chi connectivity index (χ2n) is 16.3. The maximum absolute atomic E-state index is 13.0. The monoisotopic (exact) mass is 669 g/mol. The van der Waals surface area contributed by atoms with Gasteiger partial charge >= 0.3 is 6.16 Å². The highest BCUT2D eigenvalue weighted by Crippen LogP contribution is 2.81. The molecular weight excluding hydrogens is 614 g/mol. The van der Waals surface area contributed by atoms with Crippen molar-refractivity contribution in [3.63, 3.8) is 0 Å². The first-order chi connectivity index (χ1) is 22.8. The van der Waals surface area contributed by atoms with E-state index in [2.05, 4.69) is 44.7 Å². The smallest absolute Gasteiger partial charge is 0.479 e. The highest BCUT2D eigenvalue weighted by molar-refractivity contribution is 5.70. The predicted octanol–water partition coefficient (Wildman–Crippen LogP) is 5.21. The Labute approximate surface area is 285 Å². The Bertz CT molecular complexity index is 1450. The molecule has 266 valence electrons. The Morgan fingerprint density at radius 3 is 2.40 bits per heavy atom. The molecule has 2 spiro atoms. The number of likely N-dealkylation sites (tertiary alicyclic amines) is 1. The van der Waals surface area contributed by atoms with E-state index in [0.29, 0.717) is 44.0 Å². The summed E-state index contributed by atoms with van der Waals surface area (Å²) in [6, 6.07) is 4.31. The molecule has 5 aliphatic carbocycles. The van der Waals surface area contributed by atoms with Gasteiger partial charge in [0.15, 0.2) is 11.5 Å². The first kappa shape index (κ1) is 34.2. The number of carbonyl (C=O) groups is 1. The lowest BCUT2D eigenvalue weighted by Gasteiger charge is -2.78. The van der Waals surface area contributed by atoms with Gasteiger partial charge in [-0.2, -0.15) is 0 Å². The molecule has 1 aromatic carbocycles. The summed E-state index contributed by atoms with van der Waals surface area (Å²) >= 11 is 0. The Morgan fingerprint density at radius 2 is 1.73 bits per heavy atom. The molecule has 0 unspecified atom stereocenters. The van der Waals surface area contributed by atoms with Crippen molar-refractivity contribution in [3.05, 3.63) is 34.9 Å². The van der Waals surface area contributed by atoms with Crippen LogP contribution in [-0.2, 0) is 35.5 Å². The molecule has 0 amide bonds. The summed E-state index contributed by atoms with van der Waals surface area (Å²) in [5.74, 6) is 0.845. The van der Waals surface area contributed by atoms with Crippen LogP contribution in [0.1, 0.15) is 77.8 Å². The third-order valence-electron chi connectivity index (χ3n) is 13.7. The van der Waals surface area contributed by atoms with E-state index >= 15 is 0 Å². The van der Waals surface area contributed by atoms with Crippen molar-refractivity contribution in [2.45, 2.75) is 101 Å². The predicted molar refractivity (Wildman–Crippen MR) is 179 cm³/mol. The molecule has 48 heavy (non-hydrogen) atoms. The number of rotatable bonds is 14. The van der Waals surface area contributed by atoms with Gasteiger partial charge in [0, 0.05) is 43.7 Å². The minimum absolute atomic E-state index is 0.0626. The van der Waals surface area contributed by atoms with Crippen LogP contribution in [-0.4, -0.2) is 106 Å². The number of benzene rings is 1. The lowest BCUT2D eigenvalue weighted by molar-refractivity contribution is -0.344. The number of aliphatic hydroxyl groups is 1. The molecule has 7 aliphatic rings. The lowest BCUT2D eigenvalue weighted by Crippen LogP contribution is -2.87. The third-order valence-corrected chi connectivity index (χ3v) is 13.7. The number of carbonyl (C=O) groups excluding carboxylic acids is 1. The van der Waals surface area contributed by atoms with E-state index in [1.807, 2.05) is 13.0 Å². The third kappa shape index (κ3) is 4.69. The second-order valence-corrected chi connectivity index (χ2v) is 16.3. The van der Waals surface area contributed by atoms with Crippen LogP contribution in [0, 0.1) is 16.7 Å². The molecule has 7 atom stereocenters. The van der Waals surface area contributed by atoms with E-state index in [9.17, 15) is 9.90 Å². The van der Waals surface area contributed by atoms with E-state index in [1.54, 1.807) is 14.2 Å². The van der Waals surface area contributed by atoms with Gasteiger partial charge in [0.25, 0.3) is 0 Å². The minimum Gasteiger partial charge on any atom is -0.479 e. The van der Waals surface area contributed by atoms with Gasteiger partial charge < -0.3 is 38.3 Å². The van der Waals surface area contributed by atoms with E-state index in [1.165, 1.54) is 16.7 Å². The number of piperidine rings is 1. The summed E-state index contributed by atoms with van der Waals surface area (Å²) < 4.78 is 41.3. The number of hydrogen-bond acceptors (Lipinski definition) is 10. The molecule has 0 radical (unpaired) electrons. The molecule has 8 rings (SSSR count). The molecule has 4 bridgehead atoms. The average molecular weight is 670 g/mol. The van der Waals surface area contributed by atoms with Crippen LogP contribution in [0.15, 0.2) is 23.8 Å². The van der Waals surface area contributed by atoms with Crippen molar-refractivity contribution in [1.29, 1.82) is 0 Å². The van der Waals surface area contributed by atoms with Crippen molar-refractivity contribution >= 4 is 6.16 Å². The van der Waals surface area contributed by atoms with E-state index in [0.717, 1.165) is 51.6 Å². The van der Waals surface area contributed by atoms with Gasteiger partial charge in [0.05, 0.1) is 44.1 Å². The number of hydrogen-bond donors (Lipinski definition) is 1. The highest BCUT2D eigenvalue weighted by Gasteiger charge is 2.87. The SMILES string of the molecule is COCCOCCOCCOC(=O)Oc1ccc2c3c1O[C@@]1(C)[C@]34CCN(CC3=CC3)[C@H](C2)[C@]42CC[C@@]1(OC)[C@@H]([C@](C)(O)C(C)(C)C)C2. The molecule has 0 aromatic heterocycles. The van der Waals surface area contributed by atoms with Crippen LogP contribution in [0.2, 0.25) is 0 Å². The van der Waals surface area contributed by atoms with Gasteiger partial charge in [0.1, 0.15) is 17.8 Å². The van der Waals surface area contributed by atoms with E-state index in [-0.39, 0.29) is 30.0 Å². The zero-order valence-electron chi connectivity index (χ0n) is 29.9. The molecule has 2 heterocycles. The fourth-order valence-corrected chi connectivity index (χ4v) is 10.9. The zero-order valence-corrected chi connectivity index (χ0v) is 29.9. The van der Waals surface area contributed by atoms with E-state index in [4.69, 9.17) is 33.2 Å². The fraction of sp³-hybridized carbons (Fsp3) is 0.763. The summed E-state index contributed by atoms with van der Waals surface area (Å²) in [6.07, 6.45) is 7.14. The maximum Gasteiger partial charge on any atom is 0.514 e. The summed E-state index contributed by atoms with van der Waals surface area (Å²) in [7, 11) is 3.43. The van der Waals surface area contributed by atoms with Gasteiger partial charge in [-0.3, -0.25) is 4.90 Å². The van der Waals surface area contributed by atoms with Crippen LogP contribution < -0.4 is 9.47 Å². The van der Waals surface area contributed by atoms with Crippen LogP contribution >= 0.6 is 0 Å². The standard InChI is InChI=1S/C38H55NO9/c1-33(2,3)34(4,41)28-23-36-12-13-38(28,43-7)35(5)37(36)14-15-39(24-25-8-9-25)29(36)22-26-10-11-27(31(48-35)30(26)37)47-32(40)46-21-20-45-19-18-44-17-16-42-6/h8,10-11,28-29,41H,9,12-24H2,1-7H3/t28-,29-,34+,35+,36-,37+,38-/m1/s1. The van der Waals surface area contributed by atoms with Gasteiger partial charge in [-0.1, -0.05) is 38.5 Å². The lowest BCUT2D eigenvalue weighted by atomic mass is 9.30. The zero-order chi connectivity index (χ0) is 34.2. The Morgan fingerprint density at radius 1 is 1.02 bits per heavy atom. The normalized spacial score (nSPS) is 35.4. The number of nitrogens with zero attached hydrogens (tertiary/aromatic N) is 1. The quantitative estimate of drug-likeness (QED) is 0.123. The average Bonchev–Trinajstić information content (AvgIpc) is 3.81. The van der Waals surface area contributed by atoms with Crippen LogP contribution in [0.25, 0.3) is 0 Å². The number of allylic oxidation sites excluding steroid dienone is 1. The van der Waals surface area contributed by atoms with Crippen molar-refractivity contribution in [3.8, 4) is 11.5 Å². The molecular formula is C38H55NO9. The highest BCUT2D eigenvalue weighted by atomic mass is 16.7. The second kappa shape index (κ2) is 11.9. The molecule has 2 aliphatic heterocycles. The summed E-state index contributed by atoms with van der Waals surface area (Å²) in [6.45, 7) is 14.8. The molecule has 10 heteroatoms. The Hall–Kier alpha value is -2.21. The van der Waals surface area contributed by atoms with Crippen molar-refractivity contribution in [1.82, 2.24) is 4.90 Å².